The molecular formula is C20H24FIN6O2. The summed E-state index contributed by atoms with van der Waals surface area (Å²) in [6.07, 6.45) is 2.51. The van der Waals surface area contributed by atoms with E-state index in [1.807, 2.05) is 35.7 Å². The summed E-state index contributed by atoms with van der Waals surface area (Å²) in [7, 11) is 0. The molecule has 0 unspecified atom stereocenters. The minimum atomic E-state index is -0.285. The largest absolute Gasteiger partial charge is 0.467 e. The Hall–Kier alpha value is -2.47. The molecule has 0 radical (unpaired) electrons. The Morgan fingerprint density at radius 2 is 2.17 bits per heavy atom. The minimum Gasteiger partial charge on any atom is -0.467 e. The first kappa shape index (κ1) is 22.2. The van der Waals surface area contributed by atoms with Crippen LogP contribution in [0, 0.1) is 5.82 Å². The van der Waals surface area contributed by atoms with Crippen molar-refractivity contribution in [3.8, 4) is 5.75 Å². The molecule has 10 heteroatoms. The first-order valence-electron chi connectivity index (χ1n) is 9.57. The van der Waals surface area contributed by atoms with Crippen molar-refractivity contribution in [1.82, 2.24) is 25.2 Å². The van der Waals surface area contributed by atoms with E-state index in [9.17, 15) is 4.39 Å². The van der Waals surface area contributed by atoms with Crippen LogP contribution in [-0.4, -0.2) is 40.4 Å². The number of ether oxygens (including phenoxy) is 2. The lowest BCUT2D eigenvalue weighted by Gasteiger charge is -2.21. The van der Waals surface area contributed by atoms with Crippen LogP contribution >= 0.6 is 24.0 Å². The number of fused-ring (bicyclic) bond motifs is 2. The van der Waals surface area contributed by atoms with E-state index in [0.29, 0.717) is 32.1 Å². The number of aromatic nitrogens is 3. The molecule has 4 rings (SSSR count). The topological polar surface area (TPSA) is 85.1 Å². The molecule has 2 aromatic heterocycles. The summed E-state index contributed by atoms with van der Waals surface area (Å²) in [4.78, 5) is 4.59. The number of nitrogens with zero attached hydrogens (tertiary/aromatic N) is 4. The summed E-state index contributed by atoms with van der Waals surface area (Å²) in [5.74, 6) is 1.85. The molecule has 1 aliphatic rings. The maximum atomic E-state index is 13.9. The molecule has 3 heterocycles. The predicted octanol–water partition coefficient (Wildman–Crippen LogP) is 2.65. The first-order chi connectivity index (χ1) is 14.2. The monoisotopic (exact) mass is 526 g/mol. The fourth-order valence-corrected chi connectivity index (χ4v) is 3.25. The van der Waals surface area contributed by atoms with Gasteiger partial charge in [-0.3, -0.25) is 4.40 Å². The number of hydrogen-bond acceptors (Lipinski definition) is 5. The molecule has 30 heavy (non-hydrogen) atoms. The fraction of sp³-hybridized carbons (Fsp3) is 0.350. The zero-order valence-corrected chi connectivity index (χ0v) is 18.9. The van der Waals surface area contributed by atoms with Crippen LogP contribution in [0.15, 0.2) is 41.5 Å². The van der Waals surface area contributed by atoms with Crippen molar-refractivity contribution in [2.45, 2.75) is 26.5 Å². The summed E-state index contributed by atoms with van der Waals surface area (Å²) in [5.41, 5.74) is 2.34. The van der Waals surface area contributed by atoms with Crippen LogP contribution in [0.4, 0.5) is 4.39 Å². The van der Waals surface area contributed by atoms with E-state index in [4.69, 9.17) is 9.47 Å². The molecule has 0 fully saturated rings. The number of nitrogens with one attached hydrogen (secondary N) is 2. The molecule has 0 aliphatic carbocycles. The number of rotatable bonds is 6. The Kier molecular flexibility index (Phi) is 7.80. The number of aliphatic imine (C=N–C) groups is 1. The van der Waals surface area contributed by atoms with Gasteiger partial charge in [0.2, 0.25) is 0 Å². The number of hydrogen-bond donors (Lipinski definition) is 2. The third kappa shape index (κ3) is 5.17. The Morgan fingerprint density at radius 1 is 1.27 bits per heavy atom. The normalized spacial score (nSPS) is 13.3. The van der Waals surface area contributed by atoms with Gasteiger partial charge in [-0.1, -0.05) is 6.07 Å². The molecule has 8 nitrogen and oxygen atoms in total. The van der Waals surface area contributed by atoms with E-state index < -0.39 is 0 Å². The van der Waals surface area contributed by atoms with Gasteiger partial charge in [0.15, 0.2) is 24.2 Å². The average Bonchev–Trinajstić information content (AvgIpc) is 3.15. The zero-order chi connectivity index (χ0) is 20.1. The molecule has 0 saturated carbocycles. The Bertz CT molecular complexity index is 1030. The predicted molar refractivity (Wildman–Crippen MR) is 122 cm³/mol. The van der Waals surface area contributed by atoms with Crippen molar-refractivity contribution in [3.05, 3.63) is 59.3 Å². The van der Waals surface area contributed by atoms with E-state index in [1.54, 1.807) is 0 Å². The maximum absolute atomic E-state index is 13.9. The summed E-state index contributed by atoms with van der Waals surface area (Å²) >= 11 is 0. The fourth-order valence-electron chi connectivity index (χ4n) is 3.25. The van der Waals surface area contributed by atoms with E-state index in [1.165, 1.54) is 12.1 Å². The van der Waals surface area contributed by atoms with Crippen molar-refractivity contribution < 1.29 is 13.9 Å². The molecule has 0 amide bonds. The molecule has 0 saturated heterocycles. The van der Waals surface area contributed by atoms with Crippen LogP contribution in [0.2, 0.25) is 0 Å². The summed E-state index contributed by atoms with van der Waals surface area (Å²) in [5, 5.41) is 14.8. The molecule has 2 N–H and O–H groups in total. The van der Waals surface area contributed by atoms with Gasteiger partial charge in [-0.25, -0.2) is 9.38 Å². The number of guanidine groups is 1. The van der Waals surface area contributed by atoms with Gasteiger partial charge in [0.05, 0.1) is 6.61 Å². The van der Waals surface area contributed by atoms with Gasteiger partial charge in [0.1, 0.15) is 18.1 Å². The zero-order valence-electron chi connectivity index (χ0n) is 16.6. The van der Waals surface area contributed by atoms with Crippen LogP contribution in [0.1, 0.15) is 23.9 Å². The molecule has 3 aromatic rings. The third-order valence-corrected chi connectivity index (χ3v) is 4.55. The van der Waals surface area contributed by atoms with Gasteiger partial charge >= 0.3 is 0 Å². The third-order valence-electron chi connectivity index (χ3n) is 4.55. The smallest absolute Gasteiger partial charge is 0.191 e. The second-order valence-electron chi connectivity index (χ2n) is 6.58. The lowest BCUT2D eigenvalue weighted by atomic mass is 10.1. The number of benzene rings is 1. The van der Waals surface area contributed by atoms with Crippen molar-refractivity contribution in [2.24, 2.45) is 4.99 Å². The quantitative estimate of drug-likeness (QED) is 0.292. The Morgan fingerprint density at radius 3 is 3.03 bits per heavy atom. The highest BCUT2D eigenvalue weighted by Crippen LogP contribution is 2.29. The van der Waals surface area contributed by atoms with Gasteiger partial charge in [-0.2, -0.15) is 0 Å². The lowest BCUT2D eigenvalue weighted by molar-refractivity contribution is -0.0172. The number of pyridine rings is 1. The van der Waals surface area contributed by atoms with Gasteiger partial charge < -0.3 is 20.1 Å². The molecule has 160 valence electrons. The SMILES string of the molecule is CCNC(=NCc1nnc2ccccn12)NCCc1cc(F)cc2c1OCOC2.I. The Labute approximate surface area is 190 Å². The van der Waals surface area contributed by atoms with Crippen molar-refractivity contribution >= 4 is 35.6 Å². The van der Waals surface area contributed by atoms with E-state index in [2.05, 4.69) is 25.8 Å². The minimum absolute atomic E-state index is 0. The molecule has 1 aliphatic heterocycles. The standard InChI is InChI=1S/C20H23FN6O2.HI/c1-2-22-20(24-11-18-26-25-17-5-3-4-8-27(17)18)23-7-6-14-9-16(21)10-15-12-28-13-29-19(14)15;/h3-5,8-10H,2,6-7,11-13H2,1H3,(H2,22,23,24);1H. The second kappa shape index (κ2) is 10.5. The van der Waals surface area contributed by atoms with Crippen molar-refractivity contribution in [1.29, 1.82) is 0 Å². The van der Waals surface area contributed by atoms with Crippen LogP contribution in [0.25, 0.3) is 5.65 Å². The second-order valence-corrected chi connectivity index (χ2v) is 6.58. The van der Waals surface area contributed by atoms with Crippen LogP contribution in [0.5, 0.6) is 5.75 Å². The van der Waals surface area contributed by atoms with E-state index >= 15 is 0 Å². The summed E-state index contributed by atoms with van der Waals surface area (Å²) in [6.45, 7) is 4.24. The molecule has 0 spiro atoms. The van der Waals surface area contributed by atoms with Crippen molar-refractivity contribution in [2.75, 3.05) is 19.9 Å². The van der Waals surface area contributed by atoms with Gasteiger partial charge in [-0.15, -0.1) is 34.2 Å². The average molecular weight is 526 g/mol. The van der Waals surface area contributed by atoms with E-state index in [0.717, 1.165) is 34.9 Å². The van der Waals surface area contributed by atoms with Gasteiger partial charge in [0, 0.05) is 24.8 Å². The highest BCUT2D eigenvalue weighted by atomic mass is 127. The Balaban J connectivity index is 0.00000256. The number of halogens is 2. The first-order valence-corrected chi connectivity index (χ1v) is 9.57. The van der Waals surface area contributed by atoms with Gasteiger partial charge in [-0.05, 0) is 43.2 Å². The van der Waals surface area contributed by atoms with Crippen LogP contribution < -0.4 is 15.4 Å². The summed E-state index contributed by atoms with van der Waals surface area (Å²) in [6, 6.07) is 8.72. The van der Waals surface area contributed by atoms with Crippen LogP contribution in [0.3, 0.4) is 0 Å². The van der Waals surface area contributed by atoms with Crippen molar-refractivity contribution in [3.63, 3.8) is 0 Å². The highest BCUT2D eigenvalue weighted by Gasteiger charge is 2.16. The summed E-state index contributed by atoms with van der Waals surface area (Å²) < 4.78 is 26.6. The molecule has 1 aromatic carbocycles. The highest BCUT2D eigenvalue weighted by molar-refractivity contribution is 14.0. The van der Waals surface area contributed by atoms with Crippen LogP contribution in [-0.2, 0) is 24.3 Å². The maximum Gasteiger partial charge on any atom is 0.191 e. The van der Waals surface area contributed by atoms with E-state index in [-0.39, 0.29) is 36.6 Å². The molecular weight excluding hydrogens is 502 g/mol. The molecule has 0 atom stereocenters. The van der Waals surface area contributed by atoms with Gasteiger partial charge in [0.25, 0.3) is 0 Å². The lowest BCUT2D eigenvalue weighted by Crippen LogP contribution is -2.38. The molecule has 0 bridgehead atoms.